The molecular formula is C13H11BrClNO2S. The van der Waals surface area contributed by atoms with Crippen LogP contribution < -0.4 is 4.72 Å². The van der Waals surface area contributed by atoms with Crippen LogP contribution in [0.1, 0.15) is 5.56 Å². The van der Waals surface area contributed by atoms with E-state index in [4.69, 9.17) is 11.6 Å². The largest absolute Gasteiger partial charge is 0.280 e. The molecule has 2 aromatic carbocycles. The summed E-state index contributed by atoms with van der Waals surface area (Å²) in [6, 6.07) is 11.6. The van der Waals surface area contributed by atoms with Crippen molar-refractivity contribution in [3.8, 4) is 0 Å². The number of nitrogens with one attached hydrogen (secondary N) is 1. The highest BCUT2D eigenvalue weighted by Crippen LogP contribution is 2.26. The molecule has 0 radical (unpaired) electrons. The van der Waals surface area contributed by atoms with E-state index in [0.29, 0.717) is 15.2 Å². The first-order valence-electron chi connectivity index (χ1n) is 5.43. The highest BCUT2D eigenvalue weighted by Gasteiger charge is 2.15. The van der Waals surface area contributed by atoms with Crippen LogP contribution in [0.3, 0.4) is 0 Å². The zero-order chi connectivity index (χ0) is 14.0. The van der Waals surface area contributed by atoms with Crippen molar-refractivity contribution < 1.29 is 8.42 Å². The first kappa shape index (κ1) is 14.4. The minimum atomic E-state index is -3.60. The van der Waals surface area contributed by atoms with E-state index in [1.807, 2.05) is 19.1 Å². The molecule has 1 N–H and O–H groups in total. The molecule has 0 aliphatic rings. The van der Waals surface area contributed by atoms with E-state index in [-0.39, 0.29) is 4.90 Å². The Morgan fingerprint density at radius 2 is 1.74 bits per heavy atom. The quantitative estimate of drug-likeness (QED) is 0.891. The molecule has 0 amide bonds. The van der Waals surface area contributed by atoms with Gasteiger partial charge in [0.2, 0.25) is 0 Å². The highest BCUT2D eigenvalue weighted by atomic mass is 79.9. The monoisotopic (exact) mass is 359 g/mol. The molecule has 0 bridgehead atoms. The van der Waals surface area contributed by atoms with Crippen LogP contribution in [0.15, 0.2) is 51.8 Å². The van der Waals surface area contributed by atoms with Crippen LogP contribution in [0, 0.1) is 6.92 Å². The molecule has 2 aromatic rings. The van der Waals surface area contributed by atoms with Crippen molar-refractivity contribution in [2.75, 3.05) is 4.72 Å². The molecule has 6 heteroatoms. The Morgan fingerprint density at radius 3 is 2.32 bits per heavy atom. The summed E-state index contributed by atoms with van der Waals surface area (Å²) in [6.07, 6.45) is 0. The van der Waals surface area contributed by atoms with Gasteiger partial charge in [-0.05, 0) is 53.2 Å². The van der Waals surface area contributed by atoms with E-state index in [2.05, 4.69) is 20.7 Å². The molecule has 0 unspecified atom stereocenters. The second kappa shape index (κ2) is 5.53. The minimum absolute atomic E-state index is 0.157. The van der Waals surface area contributed by atoms with Crippen molar-refractivity contribution in [1.82, 2.24) is 0 Å². The van der Waals surface area contributed by atoms with Crippen molar-refractivity contribution in [3.63, 3.8) is 0 Å². The maximum atomic E-state index is 12.2. The van der Waals surface area contributed by atoms with Crippen LogP contribution >= 0.6 is 27.5 Å². The van der Waals surface area contributed by atoms with Crippen LogP contribution in [-0.2, 0) is 10.0 Å². The maximum absolute atomic E-state index is 12.2. The molecule has 100 valence electrons. The molecular weight excluding hydrogens is 350 g/mol. The number of hydrogen-bond acceptors (Lipinski definition) is 2. The number of halogens is 2. The van der Waals surface area contributed by atoms with Gasteiger partial charge in [-0.25, -0.2) is 8.42 Å². The maximum Gasteiger partial charge on any atom is 0.261 e. The molecule has 0 spiro atoms. The van der Waals surface area contributed by atoms with Crippen LogP contribution in [0.2, 0.25) is 5.02 Å². The summed E-state index contributed by atoms with van der Waals surface area (Å²) in [5.41, 5.74) is 1.59. The Bertz CT molecular complexity index is 699. The molecule has 0 saturated heterocycles. The van der Waals surface area contributed by atoms with E-state index >= 15 is 0 Å². The molecule has 19 heavy (non-hydrogen) atoms. The van der Waals surface area contributed by atoms with Crippen LogP contribution in [0.5, 0.6) is 0 Å². The molecule has 2 rings (SSSR count). The third kappa shape index (κ3) is 3.49. The van der Waals surface area contributed by atoms with E-state index in [9.17, 15) is 8.42 Å². The predicted molar refractivity (Wildman–Crippen MR) is 81.1 cm³/mol. The van der Waals surface area contributed by atoms with Crippen LogP contribution in [-0.4, -0.2) is 8.42 Å². The normalized spacial score (nSPS) is 11.3. The number of hydrogen-bond donors (Lipinski definition) is 1. The SMILES string of the molecule is Cc1ccc(NS(=O)(=O)c2ccc(Cl)c(Br)c2)cc1. The first-order valence-corrected chi connectivity index (χ1v) is 8.08. The van der Waals surface area contributed by atoms with E-state index in [1.165, 1.54) is 18.2 Å². The Hall–Kier alpha value is -1.04. The van der Waals surface area contributed by atoms with Gasteiger partial charge in [0.15, 0.2) is 0 Å². The van der Waals surface area contributed by atoms with E-state index in [1.54, 1.807) is 12.1 Å². The van der Waals surface area contributed by atoms with Crippen molar-refractivity contribution in [1.29, 1.82) is 0 Å². The van der Waals surface area contributed by atoms with Gasteiger partial charge in [0.05, 0.1) is 9.92 Å². The molecule has 0 aliphatic heterocycles. The zero-order valence-electron chi connectivity index (χ0n) is 10.0. The predicted octanol–water partition coefficient (Wildman–Crippen LogP) is 4.21. The van der Waals surface area contributed by atoms with Crippen molar-refractivity contribution in [2.45, 2.75) is 11.8 Å². The lowest BCUT2D eigenvalue weighted by molar-refractivity contribution is 0.601. The summed E-state index contributed by atoms with van der Waals surface area (Å²) < 4.78 is 27.4. The fourth-order valence-corrected chi connectivity index (χ4v) is 3.21. The average molecular weight is 361 g/mol. The van der Waals surface area contributed by atoms with E-state index in [0.717, 1.165) is 5.56 Å². The Kier molecular flexibility index (Phi) is 4.18. The Labute approximate surface area is 125 Å². The smallest absolute Gasteiger partial charge is 0.261 e. The van der Waals surface area contributed by atoms with Gasteiger partial charge in [-0.3, -0.25) is 4.72 Å². The van der Waals surface area contributed by atoms with Gasteiger partial charge in [-0.2, -0.15) is 0 Å². The summed E-state index contributed by atoms with van der Waals surface area (Å²) in [5.74, 6) is 0. The minimum Gasteiger partial charge on any atom is -0.280 e. The van der Waals surface area contributed by atoms with Crippen molar-refractivity contribution in [2.24, 2.45) is 0 Å². The third-order valence-corrected chi connectivity index (χ3v) is 5.10. The van der Waals surface area contributed by atoms with Gasteiger partial charge >= 0.3 is 0 Å². The lowest BCUT2D eigenvalue weighted by Gasteiger charge is -2.09. The fraction of sp³-hybridized carbons (Fsp3) is 0.0769. The lowest BCUT2D eigenvalue weighted by Crippen LogP contribution is -2.12. The second-order valence-corrected chi connectivity index (χ2v) is 6.99. The lowest BCUT2D eigenvalue weighted by atomic mass is 10.2. The number of anilines is 1. The molecule has 0 fully saturated rings. The standard InChI is InChI=1S/C13H11BrClNO2S/c1-9-2-4-10(5-3-9)16-19(17,18)11-6-7-13(15)12(14)8-11/h2-8,16H,1H3. The first-order chi connectivity index (χ1) is 8.88. The Morgan fingerprint density at radius 1 is 1.11 bits per heavy atom. The van der Waals surface area contributed by atoms with Gasteiger partial charge in [0.1, 0.15) is 0 Å². The van der Waals surface area contributed by atoms with Gasteiger partial charge in [0, 0.05) is 10.2 Å². The molecule has 0 heterocycles. The summed E-state index contributed by atoms with van der Waals surface area (Å²) in [4.78, 5) is 0.157. The second-order valence-electron chi connectivity index (χ2n) is 4.05. The average Bonchev–Trinajstić information content (AvgIpc) is 2.35. The number of rotatable bonds is 3. The number of benzene rings is 2. The molecule has 3 nitrogen and oxygen atoms in total. The Balaban J connectivity index is 2.32. The fourth-order valence-electron chi connectivity index (χ4n) is 1.48. The summed E-state index contributed by atoms with van der Waals surface area (Å²) >= 11 is 9.06. The number of aryl methyl sites for hydroxylation is 1. The van der Waals surface area contributed by atoms with Crippen molar-refractivity contribution in [3.05, 3.63) is 57.5 Å². The highest BCUT2D eigenvalue weighted by molar-refractivity contribution is 9.10. The van der Waals surface area contributed by atoms with Crippen LogP contribution in [0.4, 0.5) is 5.69 Å². The topological polar surface area (TPSA) is 46.2 Å². The van der Waals surface area contributed by atoms with E-state index < -0.39 is 10.0 Å². The van der Waals surface area contributed by atoms with Gasteiger partial charge in [-0.1, -0.05) is 29.3 Å². The summed E-state index contributed by atoms with van der Waals surface area (Å²) in [7, 11) is -3.60. The molecule has 0 aromatic heterocycles. The zero-order valence-corrected chi connectivity index (χ0v) is 13.2. The van der Waals surface area contributed by atoms with Gasteiger partial charge in [-0.15, -0.1) is 0 Å². The number of sulfonamides is 1. The molecule has 0 saturated carbocycles. The molecule has 0 atom stereocenters. The van der Waals surface area contributed by atoms with Crippen molar-refractivity contribution >= 4 is 43.2 Å². The molecule has 0 aliphatic carbocycles. The summed E-state index contributed by atoms with van der Waals surface area (Å²) in [5, 5.41) is 0.467. The summed E-state index contributed by atoms with van der Waals surface area (Å²) in [6.45, 7) is 1.94. The van der Waals surface area contributed by atoms with Gasteiger partial charge < -0.3 is 0 Å². The van der Waals surface area contributed by atoms with Crippen LogP contribution in [0.25, 0.3) is 0 Å². The third-order valence-electron chi connectivity index (χ3n) is 2.51. The van der Waals surface area contributed by atoms with Gasteiger partial charge in [0.25, 0.3) is 10.0 Å².